The fraction of sp³-hybridized carbons (Fsp3) is 0.231. The van der Waals surface area contributed by atoms with Gasteiger partial charge in [-0.2, -0.15) is 0 Å². The molecular formula is C13H13BrN2O3. The number of amides is 1. The van der Waals surface area contributed by atoms with Gasteiger partial charge in [-0.1, -0.05) is 42.4 Å². The number of aryl methyl sites for hydroxylation is 1. The first-order valence-electron chi connectivity index (χ1n) is 5.82. The van der Waals surface area contributed by atoms with Crippen LogP contribution in [0.15, 0.2) is 39.3 Å². The molecule has 100 valence electrons. The third-order valence-corrected chi connectivity index (χ3v) is 3.28. The van der Waals surface area contributed by atoms with Gasteiger partial charge in [-0.05, 0) is 27.9 Å². The molecular weight excluding hydrogens is 312 g/mol. The molecule has 1 N–H and O–H groups in total. The number of ether oxygens (including phenoxy) is 1. The fourth-order valence-corrected chi connectivity index (χ4v) is 1.99. The minimum absolute atomic E-state index is 0.207. The molecule has 1 heterocycles. The lowest BCUT2D eigenvalue weighted by Gasteiger charge is -2.04. The molecule has 1 amide bonds. The molecule has 0 saturated heterocycles. The van der Waals surface area contributed by atoms with Gasteiger partial charge in [0, 0.05) is 0 Å². The summed E-state index contributed by atoms with van der Waals surface area (Å²) in [5.74, 6) is 0.259. The largest absolute Gasteiger partial charge is 0.444 e. The fourth-order valence-electron chi connectivity index (χ4n) is 1.46. The first kappa shape index (κ1) is 13.6. The van der Waals surface area contributed by atoms with Gasteiger partial charge in [0.15, 0.2) is 0 Å². The molecule has 19 heavy (non-hydrogen) atoms. The zero-order valence-corrected chi connectivity index (χ0v) is 11.9. The predicted octanol–water partition coefficient (Wildman–Crippen LogP) is 3.75. The first-order valence-corrected chi connectivity index (χ1v) is 6.61. The maximum absolute atomic E-state index is 11.6. The van der Waals surface area contributed by atoms with Crippen LogP contribution in [-0.2, 0) is 17.8 Å². The van der Waals surface area contributed by atoms with Gasteiger partial charge in [-0.15, -0.1) is 0 Å². The quantitative estimate of drug-likeness (QED) is 0.930. The number of benzene rings is 1. The minimum atomic E-state index is -0.580. The van der Waals surface area contributed by atoms with Crippen LogP contribution in [0.1, 0.15) is 18.2 Å². The number of carbonyl (C=O) groups is 1. The lowest BCUT2D eigenvalue weighted by molar-refractivity contribution is 0.154. The highest BCUT2D eigenvalue weighted by Gasteiger charge is 2.15. The van der Waals surface area contributed by atoms with E-state index in [1.54, 1.807) is 0 Å². The Labute approximate surface area is 119 Å². The molecule has 2 aromatic rings. The van der Waals surface area contributed by atoms with Crippen molar-refractivity contribution in [1.82, 2.24) is 5.16 Å². The Kier molecular flexibility index (Phi) is 4.57. The number of hydrogen-bond donors (Lipinski definition) is 1. The maximum atomic E-state index is 11.6. The molecule has 2 rings (SSSR count). The molecule has 0 atom stereocenters. The summed E-state index contributed by atoms with van der Waals surface area (Å²) in [7, 11) is 0. The molecule has 1 aromatic carbocycles. The summed E-state index contributed by atoms with van der Waals surface area (Å²) < 4.78 is 10.7. The van der Waals surface area contributed by atoms with E-state index in [2.05, 4.69) is 26.4 Å². The normalized spacial score (nSPS) is 10.2. The molecule has 6 heteroatoms. The molecule has 0 spiro atoms. The standard InChI is InChI=1S/C13H13BrN2O3/c1-2-10-11(14)12(19-16-10)15-13(17)18-8-9-6-4-3-5-7-9/h3-7H,2,8H2,1H3,(H,15,17). The van der Waals surface area contributed by atoms with Gasteiger partial charge in [0.25, 0.3) is 0 Å². The van der Waals surface area contributed by atoms with E-state index in [1.165, 1.54) is 0 Å². The Morgan fingerprint density at radius 3 is 2.79 bits per heavy atom. The lowest BCUT2D eigenvalue weighted by Crippen LogP contribution is -2.13. The van der Waals surface area contributed by atoms with E-state index in [4.69, 9.17) is 9.26 Å². The summed E-state index contributed by atoms with van der Waals surface area (Å²) in [6, 6.07) is 9.44. The second kappa shape index (κ2) is 6.38. The topological polar surface area (TPSA) is 64.4 Å². The molecule has 0 unspecified atom stereocenters. The average Bonchev–Trinajstić information content (AvgIpc) is 2.78. The van der Waals surface area contributed by atoms with Crippen molar-refractivity contribution in [2.24, 2.45) is 0 Å². The van der Waals surface area contributed by atoms with Crippen molar-refractivity contribution in [1.29, 1.82) is 0 Å². The summed E-state index contributed by atoms with van der Waals surface area (Å²) in [5.41, 5.74) is 1.67. The van der Waals surface area contributed by atoms with Gasteiger partial charge in [-0.3, -0.25) is 5.32 Å². The predicted molar refractivity (Wildman–Crippen MR) is 73.8 cm³/mol. The van der Waals surface area contributed by atoms with E-state index in [0.29, 0.717) is 10.9 Å². The average molecular weight is 325 g/mol. The Morgan fingerprint density at radius 1 is 1.42 bits per heavy atom. The van der Waals surface area contributed by atoms with Crippen LogP contribution in [0.25, 0.3) is 0 Å². The Balaban J connectivity index is 1.89. The summed E-state index contributed by atoms with van der Waals surface area (Å²) in [6.07, 6.45) is 0.133. The van der Waals surface area contributed by atoms with E-state index >= 15 is 0 Å². The third-order valence-electron chi connectivity index (χ3n) is 2.46. The summed E-state index contributed by atoms with van der Waals surface area (Å²) in [4.78, 5) is 11.6. The van der Waals surface area contributed by atoms with E-state index in [-0.39, 0.29) is 12.5 Å². The highest BCUT2D eigenvalue weighted by Crippen LogP contribution is 2.26. The first-order chi connectivity index (χ1) is 9.20. The molecule has 0 aliphatic carbocycles. The van der Waals surface area contributed by atoms with Crippen molar-refractivity contribution in [3.05, 3.63) is 46.1 Å². The summed E-state index contributed by atoms with van der Waals surface area (Å²) >= 11 is 3.31. The lowest BCUT2D eigenvalue weighted by atomic mass is 10.2. The van der Waals surface area contributed by atoms with Crippen molar-refractivity contribution in [2.45, 2.75) is 20.0 Å². The number of anilines is 1. The number of nitrogens with zero attached hydrogens (tertiary/aromatic N) is 1. The van der Waals surface area contributed by atoms with Crippen molar-refractivity contribution in [3.63, 3.8) is 0 Å². The van der Waals surface area contributed by atoms with Gasteiger partial charge in [-0.25, -0.2) is 4.79 Å². The van der Waals surface area contributed by atoms with Gasteiger partial charge in [0.1, 0.15) is 11.1 Å². The minimum Gasteiger partial charge on any atom is -0.444 e. The van der Waals surface area contributed by atoms with Gasteiger partial charge < -0.3 is 9.26 Å². The molecule has 0 fully saturated rings. The Hall–Kier alpha value is -1.82. The zero-order chi connectivity index (χ0) is 13.7. The summed E-state index contributed by atoms with van der Waals surface area (Å²) in [6.45, 7) is 2.15. The highest BCUT2D eigenvalue weighted by atomic mass is 79.9. The Bertz CT molecular complexity index is 554. The van der Waals surface area contributed by atoms with Crippen LogP contribution in [-0.4, -0.2) is 11.2 Å². The van der Waals surface area contributed by atoms with Crippen LogP contribution in [0, 0.1) is 0 Å². The SMILES string of the molecule is CCc1noc(NC(=O)OCc2ccccc2)c1Br. The smallest absolute Gasteiger partial charge is 0.414 e. The molecule has 0 aliphatic heterocycles. The zero-order valence-electron chi connectivity index (χ0n) is 10.4. The van der Waals surface area contributed by atoms with E-state index in [9.17, 15) is 4.79 Å². The third kappa shape index (κ3) is 3.57. The monoisotopic (exact) mass is 324 g/mol. The van der Waals surface area contributed by atoms with Gasteiger partial charge >= 0.3 is 6.09 Å². The number of halogens is 1. The molecule has 0 radical (unpaired) electrons. The molecule has 0 saturated carbocycles. The van der Waals surface area contributed by atoms with E-state index in [1.807, 2.05) is 37.3 Å². The highest BCUT2D eigenvalue weighted by molar-refractivity contribution is 9.10. The van der Waals surface area contributed by atoms with Gasteiger partial charge in [0.2, 0.25) is 5.88 Å². The van der Waals surface area contributed by atoms with Crippen LogP contribution in [0.5, 0.6) is 0 Å². The van der Waals surface area contributed by atoms with Crippen LogP contribution < -0.4 is 5.32 Å². The van der Waals surface area contributed by atoms with Crippen LogP contribution >= 0.6 is 15.9 Å². The number of hydrogen-bond acceptors (Lipinski definition) is 4. The van der Waals surface area contributed by atoms with Crippen LogP contribution in [0.3, 0.4) is 0 Å². The van der Waals surface area contributed by atoms with Crippen molar-refractivity contribution in [2.75, 3.05) is 5.32 Å². The number of carbonyl (C=O) groups excluding carboxylic acids is 1. The van der Waals surface area contributed by atoms with Crippen molar-refractivity contribution < 1.29 is 14.1 Å². The molecule has 5 nitrogen and oxygen atoms in total. The number of nitrogens with one attached hydrogen (secondary N) is 1. The Morgan fingerprint density at radius 2 is 2.16 bits per heavy atom. The maximum Gasteiger partial charge on any atom is 0.414 e. The van der Waals surface area contributed by atoms with Crippen molar-refractivity contribution in [3.8, 4) is 0 Å². The second-order valence-corrected chi connectivity index (χ2v) is 4.61. The van der Waals surface area contributed by atoms with E-state index < -0.39 is 6.09 Å². The van der Waals surface area contributed by atoms with Crippen molar-refractivity contribution >= 4 is 27.9 Å². The molecule has 0 bridgehead atoms. The molecule has 0 aliphatic rings. The van der Waals surface area contributed by atoms with E-state index in [0.717, 1.165) is 11.3 Å². The van der Waals surface area contributed by atoms with Crippen LogP contribution in [0.2, 0.25) is 0 Å². The second-order valence-electron chi connectivity index (χ2n) is 3.81. The number of rotatable bonds is 4. The van der Waals surface area contributed by atoms with Gasteiger partial charge in [0.05, 0.1) is 5.69 Å². The molecule has 1 aromatic heterocycles. The number of aromatic nitrogens is 1. The summed E-state index contributed by atoms with van der Waals surface area (Å²) in [5, 5.41) is 6.31. The van der Waals surface area contributed by atoms with Crippen LogP contribution in [0.4, 0.5) is 10.7 Å².